The highest BCUT2D eigenvalue weighted by Gasteiger charge is 2.21. The van der Waals surface area contributed by atoms with Crippen LogP contribution in [0, 0.1) is 13.8 Å². The molecule has 0 atom stereocenters. The summed E-state index contributed by atoms with van der Waals surface area (Å²) in [6.07, 6.45) is 4.68. The molecule has 0 unspecified atom stereocenters. The summed E-state index contributed by atoms with van der Waals surface area (Å²) in [6, 6.07) is 4.00. The Morgan fingerprint density at radius 1 is 1.11 bits per heavy atom. The van der Waals surface area contributed by atoms with Gasteiger partial charge in [-0.15, -0.1) is 0 Å². The lowest BCUT2D eigenvalue weighted by atomic mass is 10.0. The van der Waals surface area contributed by atoms with Crippen molar-refractivity contribution in [2.45, 2.75) is 39.5 Å². The molecular formula is C16H23NO2. The van der Waals surface area contributed by atoms with Crippen LogP contribution in [-0.2, 0) is 0 Å². The van der Waals surface area contributed by atoms with Crippen LogP contribution in [0.5, 0.6) is 5.75 Å². The maximum atomic E-state index is 12.7. The fraction of sp³-hybridized carbons (Fsp3) is 0.562. The summed E-state index contributed by atoms with van der Waals surface area (Å²) in [4.78, 5) is 14.7. The lowest BCUT2D eigenvalue weighted by Crippen LogP contribution is -2.32. The van der Waals surface area contributed by atoms with Crippen LogP contribution in [0.1, 0.15) is 47.2 Å². The van der Waals surface area contributed by atoms with Crippen LogP contribution in [0.4, 0.5) is 0 Å². The van der Waals surface area contributed by atoms with E-state index >= 15 is 0 Å². The highest BCUT2D eigenvalue weighted by atomic mass is 16.5. The molecule has 1 amide bonds. The molecule has 1 saturated heterocycles. The summed E-state index contributed by atoms with van der Waals surface area (Å²) >= 11 is 0. The highest BCUT2D eigenvalue weighted by molar-refractivity contribution is 5.97. The molecule has 19 heavy (non-hydrogen) atoms. The van der Waals surface area contributed by atoms with Crippen molar-refractivity contribution in [1.29, 1.82) is 0 Å². The lowest BCUT2D eigenvalue weighted by Gasteiger charge is -2.22. The van der Waals surface area contributed by atoms with E-state index in [0.29, 0.717) is 5.56 Å². The number of amides is 1. The van der Waals surface area contributed by atoms with Gasteiger partial charge >= 0.3 is 0 Å². The number of likely N-dealkylation sites (tertiary alicyclic amines) is 1. The molecule has 3 heteroatoms. The third kappa shape index (κ3) is 3.09. The van der Waals surface area contributed by atoms with Crippen molar-refractivity contribution in [2.24, 2.45) is 0 Å². The third-order valence-corrected chi connectivity index (χ3v) is 3.75. The van der Waals surface area contributed by atoms with Crippen molar-refractivity contribution in [2.75, 3.05) is 20.2 Å². The van der Waals surface area contributed by atoms with E-state index in [1.165, 1.54) is 12.8 Å². The Bertz CT molecular complexity index is 460. The average Bonchev–Trinajstić information content (AvgIpc) is 2.66. The highest BCUT2D eigenvalue weighted by Crippen LogP contribution is 2.27. The molecule has 0 bridgehead atoms. The smallest absolute Gasteiger partial charge is 0.257 e. The number of hydrogen-bond donors (Lipinski definition) is 0. The minimum Gasteiger partial charge on any atom is -0.496 e. The number of ether oxygens (including phenoxy) is 1. The monoisotopic (exact) mass is 261 g/mol. The second-order valence-corrected chi connectivity index (χ2v) is 5.37. The average molecular weight is 261 g/mol. The quantitative estimate of drug-likeness (QED) is 0.817. The van der Waals surface area contributed by atoms with Crippen LogP contribution in [-0.4, -0.2) is 31.0 Å². The van der Waals surface area contributed by atoms with Crippen molar-refractivity contribution < 1.29 is 9.53 Å². The summed E-state index contributed by atoms with van der Waals surface area (Å²) in [5.41, 5.74) is 2.85. The van der Waals surface area contributed by atoms with E-state index in [0.717, 1.165) is 42.8 Å². The van der Waals surface area contributed by atoms with E-state index in [1.54, 1.807) is 7.11 Å². The number of carbonyl (C=O) groups is 1. The Kier molecular flexibility index (Phi) is 4.46. The fourth-order valence-corrected chi connectivity index (χ4v) is 2.83. The van der Waals surface area contributed by atoms with E-state index in [2.05, 4.69) is 6.07 Å². The van der Waals surface area contributed by atoms with Gasteiger partial charge in [-0.25, -0.2) is 0 Å². The zero-order valence-corrected chi connectivity index (χ0v) is 12.2. The van der Waals surface area contributed by atoms with Gasteiger partial charge in [-0.2, -0.15) is 0 Å². The Balaban J connectivity index is 2.31. The van der Waals surface area contributed by atoms with Gasteiger partial charge in [-0.05, 0) is 43.9 Å². The van der Waals surface area contributed by atoms with Crippen molar-refractivity contribution in [3.05, 3.63) is 28.8 Å². The van der Waals surface area contributed by atoms with Gasteiger partial charge in [0.05, 0.1) is 12.7 Å². The Hall–Kier alpha value is -1.51. The van der Waals surface area contributed by atoms with Crippen molar-refractivity contribution >= 4 is 5.91 Å². The summed E-state index contributed by atoms with van der Waals surface area (Å²) in [7, 11) is 1.64. The predicted octanol–water partition coefficient (Wildman–Crippen LogP) is 3.33. The molecule has 0 aromatic heterocycles. The topological polar surface area (TPSA) is 29.5 Å². The molecule has 0 saturated carbocycles. The lowest BCUT2D eigenvalue weighted by molar-refractivity contribution is 0.0758. The van der Waals surface area contributed by atoms with Crippen LogP contribution in [0.15, 0.2) is 12.1 Å². The SMILES string of the molecule is COc1c(C)cc(C)cc1C(=O)N1CCCCCC1. The Morgan fingerprint density at radius 2 is 1.74 bits per heavy atom. The molecule has 1 aromatic carbocycles. The molecule has 0 spiro atoms. The van der Waals surface area contributed by atoms with Gasteiger partial charge < -0.3 is 9.64 Å². The minimum absolute atomic E-state index is 0.116. The molecule has 1 aliphatic heterocycles. The molecule has 1 aromatic rings. The minimum atomic E-state index is 0.116. The summed E-state index contributed by atoms with van der Waals surface area (Å²) in [5, 5.41) is 0. The van der Waals surface area contributed by atoms with E-state index < -0.39 is 0 Å². The molecule has 104 valence electrons. The third-order valence-electron chi connectivity index (χ3n) is 3.75. The number of methoxy groups -OCH3 is 1. The molecule has 1 heterocycles. The second kappa shape index (κ2) is 6.09. The molecule has 1 fully saturated rings. The van der Waals surface area contributed by atoms with E-state index in [-0.39, 0.29) is 5.91 Å². The number of benzene rings is 1. The molecular weight excluding hydrogens is 238 g/mol. The maximum Gasteiger partial charge on any atom is 0.257 e. The molecule has 1 aliphatic rings. The molecule has 2 rings (SSSR count). The second-order valence-electron chi connectivity index (χ2n) is 5.37. The fourth-order valence-electron chi connectivity index (χ4n) is 2.83. The molecule has 0 aliphatic carbocycles. The zero-order valence-electron chi connectivity index (χ0n) is 12.2. The van der Waals surface area contributed by atoms with Crippen LogP contribution < -0.4 is 4.74 Å². The summed E-state index contributed by atoms with van der Waals surface area (Å²) < 4.78 is 5.43. The van der Waals surface area contributed by atoms with Gasteiger partial charge in [-0.1, -0.05) is 18.9 Å². The predicted molar refractivity (Wildman–Crippen MR) is 76.8 cm³/mol. The Morgan fingerprint density at radius 3 is 2.32 bits per heavy atom. The number of aryl methyl sites for hydroxylation is 2. The number of rotatable bonds is 2. The van der Waals surface area contributed by atoms with Crippen molar-refractivity contribution in [3.63, 3.8) is 0 Å². The van der Waals surface area contributed by atoms with Gasteiger partial charge in [0.1, 0.15) is 5.75 Å². The van der Waals surface area contributed by atoms with Gasteiger partial charge in [0.2, 0.25) is 0 Å². The van der Waals surface area contributed by atoms with Crippen LogP contribution in [0.25, 0.3) is 0 Å². The first-order chi connectivity index (χ1) is 9.13. The van der Waals surface area contributed by atoms with Gasteiger partial charge in [-0.3, -0.25) is 4.79 Å². The normalized spacial score (nSPS) is 16.1. The van der Waals surface area contributed by atoms with E-state index in [4.69, 9.17) is 4.74 Å². The number of hydrogen-bond acceptors (Lipinski definition) is 2. The number of nitrogens with zero attached hydrogens (tertiary/aromatic N) is 1. The first-order valence-corrected chi connectivity index (χ1v) is 7.08. The maximum absolute atomic E-state index is 12.7. The van der Waals surface area contributed by atoms with E-state index in [1.807, 2.05) is 24.8 Å². The standard InChI is InChI=1S/C16H23NO2/c1-12-10-13(2)15(19-3)14(11-12)16(18)17-8-6-4-5-7-9-17/h10-11H,4-9H2,1-3H3. The molecule has 0 N–H and O–H groups in total. The summed E-state index contributed by atoms with van der Waals surface area (Å²) in [5.74, 6) is 0.838. The zero-order chi connectivity index (χ0) is 13.8. The van der Waals surface area contributed by atoms with Gasteiger partial charge in [0, 0.05) is 13.1 Å². The first-order valence-electron chi connectivity index (χ1n) is 7.08. The Labute approximate surface area is 115 Å². The largest absolute Gasteiger partial charge is 0.496 e. The van der Waals surface area contributed by atoms with Gasteiger partial charge in [0.25, 0.3) is 5.91 Å². The first kappa shape index (κ1) is 13.9. The van der Waals surface area contributed by atoms with Gasteiger partial charge in [0.15, 0.2) is 0 Å². The van der Waals surface area contributed by atoms with Crippen LogP contribution in [0.2, 0.25) is 0 Å². The van der Waals surface area contributed by atoms with Crippen molar-refractivity contribution in [1.82, 2.24) is 4.90 Å². The van der Waals surface area contributed by atoms with E-state index in [9.17, 15) is 4.79 Å². The van der Waals surface area contributed by atoms with Crippen LogP contribution in [0.3, 0.4) is 0 Å². The molecule has 0 radical (unpaired) electrons. The number of carbonyl (C=O) groups excluding carboxylic acids is 1. The molecule has 3 nitrogen and oxygen atoms in total. The summed E-state index contributed by atoms with van der Waals surface area (Å²) in [6.45, 7) is 5.75. The van der Waals surface area contributed by atoms with Crippen molar-refractivity contribution in [3.8, 4) is 5.75 Å². The van der Waals surface area contributed by atoms with Crippen LogP contribution >= 0.6 is 0 Å².